The number of thiazole rings is 1. The molecule has 0 bridgehead atoms. The normalized spacial score (nSPS) is 15.2. The molecule has 0 saturated carbocycles. The first-order chi connectivity index (χ1) is 7.16. The molecule has 0 radical (unpaired) electrons. The second-order valence-electron chi connectivity index (χ2n) is 3.70. The highest BCUT2D eigenvalue weighted by molar-refractivity contribution is 7.09. The third kappa shape index (κ3) is 3.00. The summed E-state index contributed by atoms with van der Waals surface area (Å²) >= 11 is 1.67. The Morgan fingerprint density at radius 2 is 2.27 bits per heavy atom. The minimum absolute atomic E-state index is 0.230. The van der Waals surface area contributed by atoms with Crippen LogP contribution < -0.4 is 5.73 Å². The van der Waals surface area contributed by atoms with E-state index in [0.717, 1.165) is 30.2 Å². The minimum Gasteiger partial charge on any atom is -0.368 e. The number of aromatic nitrogens is 1. The quantitative estimate of drug-likeness (QED) is 0.812. The standard InChI is InChI=1S/C11H20N2OS/c1-4-11(3,14-5-2)10-13-9(6-7-12)8-15-10/h8H,4-7,12H2,1-3H3. The topological polar surface area (TPSA) is 48.1 Å². The molecule has 2 N–H and O–H groups in total. The molecule has 3 nitrogen and oxygen atoms in total. The van der Waals surface area contributed by atoms with Crippen LogP contribution in [0.2, 0.25) is 0 Å². The van der Waals surface area contributed by atoms with E-state index in [1.54, 1.807) is 11.3 Å². The number of ether oxygens (including phenoxy) is 1. The van der Waals surface area contributed by atoms with Crippen molar-refractivity contribution < 1.29 is 4.74 Å². The lowest BCUT2D eigenvalue weighted by molar-refractivity contribution is -0.0325. The molecular formula is C11H20N2OS. The van der Waals surface area contributed by atoms with Gasteiger partial charge in [0.2, 0.25) is 0 Å². The summed E-state index contributed by atoms with van der Waals surface area (Å²) < 4.78 is 5.77. The SMILES string of the molecule is CCOC(C)(CC)c1nc(CCN)cs1. The Morgan fingerprint density at radius 3 is 2.80 bits per heavy atom. The van der Waals surface area contributed by atoms with Crippen LogP contribution in [0.4, 0.5) is 0 Å². The fraction of sp³-hybridized carbons (Fsp3) is 0.727. The molecule has 0 aliphatic carbocycles. The Kier molecular flexibility index (Phi) is 4.70. The average molecular weight is 228 g/mol. The van der Waals surface area contributed by atoms with Gasteiger partial charge in [-0.25, -0.2) is 4.98 Å². The van der Waals surface area contributed by atoms with Gasteiger partial charge in [0.15, 0.2) is 0 Å². The lowest BCUT2D eigenvalue weighted by Gasteiger charge is -2.25. The highest BCUT2D eigenvalue weighted by Crippen LogP contribution is 2.31. The van der Waals surface area contributed by atoms with Crippen LogP contribution in [-0.4, -0.2) is 18.1 Å². The van der Waals surface area contributed by atoms with Crippen molar-refractivity contribution in [2.24, 2.45) is 5.73 Å². The second-order valence-corrected chi connectivity index (χ2v) is 4.56. The predicted molar refractivity (Wildman–Crippen MR) is 64.1 cm³/mol. The molecule has 1 aromatic heterocycles. The van der Waals surface area contributed by atoms with Crippen molar-refractivity contribution in [3.8, 4) is 0 Å². The van der Waals surface area contributed by atoms with Crippen molar-refractivity contribution in [2.75, 3.05) is 13.2 Å². The zero-order valence-electron chi connectivity index (χ0n) is 9.75. The highest BCUT2D eigenvalue weighted by Gasteiger charge is 2.28. The van der Waals surface area contributed by atoms with Gasteiger partial charge in [0.1, 0.15) is 10.6 Å². The molecule has 1 rings (SSSR count). The summed E-state index contributed by atoms with van der Waals surface area (Å²) in [5.74, 6) is 0. The third-order valence-electron chi connectivity index (χ3n) is 2.54. The van der Waals surface area contributed by atoms with Crippen molar-refractivity contribution >= 4 is 11.3 Å². The van der Waals surface area contributed by atoms with Crippen molar-refractivity contribution in [3.05, 3.63) is 16.1 Å². The Balaban J connectivity index is 2.82. The van der Waals surface area contributed by atoms with E-state index in [2.05, 4.69) is 24.2 Å². The summed E-state index contributed by atoms with van der Waals surface area (Å²) in [5.41, 5.74) is 6.35. The van der Waals surface area contributed by atoms with Gasteiger partial charge in [0, 0.05) is 18.4 Å². The maximum Gasteiger partial charge on any atom is 0.125 e. The number of hydrogen-bond donors (Lipinski definition) is 1. The van der Waals surface area contributed by atoms with E-state index in [1.807, 2.05) is 6.92 Å². The van der Waals surface area contributed by atoms with Gasteiger partial charge in [-0.05, 0) is 26.8 Å². The number of nitrogens with two attached hydrogens (primary N) is 1. The molecule has 4 heteroatoms. The van der Waals surface area contributed by atoms with Crippen LogP contribution in [0.5, 0.6) is 0 Å². The summed E-state index contributed by atoms with van der Waals surface area (Å²) in [4.78, 5) is 4.58. The fourth-order valence-corrected chi connectivity index (χ4v) is 2.49. The van der Waals surface area contributed by atoms with Gasteiger partial charge in [0.05, 0.1) is 5.69 Å². The van der Waals surface area contributed by atoms with Gasteiger partial charge >= 0.3 is 0 Å². The average Bonchev–Trinajstić information content (AvgIpc) is 2.68. The molecule has 0 saturated heterocycles. The highest BCUT2D eigenvalue weighted by atomic mass is 32.1. The number of rotatable bonds is 6. The minimum atomic E-state index is -0.230. The van der Waals surface area contributed by atoms with Crippen LogP contribution in [0.1, 0.15) is 37.9 Å². The van der Waals surface area contributed by atoms with Crippen LogP contribution in [-0.2, 0) is 16.8 Å². The van der Waals surface area contributed by atoms with E-state index in [4.69, 9.17) is 10.5 Å². The Labute approximate surface area is 95.7 Å². The molecule has 0 aromatic carbocycles. The molecule has 15 heavy (non-hydrogen) atoms. The van der Waals surface area contributed by atoms with Crippen molar-refractivity contribution in [2.45, 2.75) is 39.2 Å². The number of nitrogens with zero attached hydrogens (tertiary/aromatic N) is 1. The Hall–Kier alpha value is -0.450. The monoisotopic (exact) mass is 228 g/mol. The zero-order chi connectivity index (χ0) is 11.3. The molecule has 0 spiro atoms. The first-order valence-corrected chi connectivity index (χ1v) is 6.33. The molecule has 0 fully saturated rings. The van der Waals surface area contributed by atoms with Crippen LogP contribution in [0, 0.1) is 0 Å². The lowest BCUT2D eigenvalue weighted by atomic mass is 10.0. The predicted octanol–water partition coefficient (Wildman–Crippen LogP) is 2.31. The molecule has 0 amide bonds. The number of hydrogen-bond acceptors (Lipinski definition) is 4. The van der Waals surface area contributed by atoms with E-state index < -0.39 is 0 Å². The first kappa shape index (κ1) is 12.6. The molecule has 1 heterocycles. The second kappa shape index (κ2) is 5.58. The van der Waals surface area contributed by atoms with E-state index >= 15 is 0 Å². The van der Waals surface area contributed by atoms with Crippen LogP contribution >= 0.6 is 11.3 Å². The molecule has 0 aliphatic heterocycles. The van der Waals surface area contributed by atoms with Crippen LogP contribution in [0.3, 0.4) is 0 Å². The molecule has 86 valence electrons. The summed E-state index contributed by atoms with van der Waals surface area (Å²) in [6, 6.07) is 0. The lowest BCUT2D eigenvalue weighted by Crippen LogP contribution is -2.25. The summed E-state index contributed by atoms with van der Waals surface area (Å²) in [6.45, 7) is 7.61. The molecule has 1 atom stereocenters. The first-order valence-electron chi connectivity index (χ1n) is 5.45. The van der Waals surface area contributed by atoms with Gasteiger partial charge in [-0.1, -0.05) is 6.92 Å². The third-order valence-corrected chi connectivity index (χ3v) is 3.68. The zero-order valence-corrected chi connectivity index (χ0v) is 10.6. The molecule has 0 aliphatic rings. The van der Waals surface area contributed by atoms with Gasteiger partial charge in [-0.15, -0.1) is 11.3 Å². The Morgan fingerprint density at radius 1 is 1.53 bits per heavy atom. The van der Waals surface area contributed by atoms with E-state index in [0.29, 0.717) is 6.54 Å². The molecular weight excluding hydrogens is 208 g/mol. The largest absolute Gasteiger partial charge is 0.368 e. The van der Waals surface area contributed by atoms with E-state index in [9.17, 15) is 0 Å². The summed E-state index contributed by atoms with van der Waals surface area (Å²) in [5, 5.41) is 3.14. The maximum absolute atomic E-state index is 5.77. The van der Waals surface area contributed by atoms with Crippen molar-refractivity contribution in [3.63, 3.8) is 0 Å². The smallest absolute Gasteiger partial charge is 0.125 e. The molecule has 1 aromatic rings. The van der Waals surface area contributed by atoms with Gasteiger partial charge < -0.3 is 10.5 Å². The van der Waals surface area contributed by atoms with Crippen LogP contribution in [0.15, 0.2) is 5.38 Å². The maximum atomic E-state index is 5.77. The Bertz CT molecular complexity index is 301. The van der Waals surface area contributed by atoms with Gasteiger partial charge in [0.25, 0.3) is 0 Å². The van der Waals surface area contributed by atoms with E-state index in [-0.39, 0.29) is 5.60 Å². The van der Waals surface area contributed by atoms with Gasteiger partial charge in [-0.2, -0.15) is 0 Å². The van der Waals surface area contributed by atoms with E-state index in [1.165, 1.54) is 0 Å². The summed E-state index contributed by atoms with van der Waals surface area (Å²) in [7, 11) is 0. The fourth-order valence-electron chi connectivity index (χ4n) is 1.45. The van der Waals surface area contributed by atoms with Crippen molar-refractivity contribution in [1.29, 1.82) is 0 Å². The van der Waals surface area contributed by atoms with Gasteiger partial charge in [-0.3, -0.25) is 0 Å². The van der Waals surface area contributed by atoms with Crippen LogP contribution in [0.25, 0.3) is 0 Å². The molecule has 1 unspecified atom stereocenters. The summed E-state index contributed by atoms with van der Waals surface area (Å²) in [6.07, 6.45) is 1.79. The van der Waals surface area contributed by atoms with Crippen molar-refractivity contribution in [1.82, 2.24) is 4.98 Å².